The van der Waals surface area contributed by atoms with Gasteiger partial charge in [0.1, 0.15) is 17.0 Å². The van der Waals surface area contributed by atoms with Gasteiger partial charge >= 0.3 is 0 Å². The number of para-hydroxylation sites is 1. The fourth-order valence-electron chi connectivity index (χ4n) is 4.11. The van der Waals surface area contributed by atoms with E-state index in [1.54, 1.807) is 6.07 Å². The average molecular weight is 393 g/mol. The summed E-state index contributed by atoms with van der Waals surface area (Å²) in [6.45, 7) is 10.9. The lowest BCUT2D eigenvalue weighted by atomic mass is 9.89. The van der Waals surface area contributed by atoms with Gasteiger partial charge in [0, 0.05) is 29.8 Å². The minimum atomic E-state index is -0.353. The number of rotatable bonds is 4. The molecule has 1 aliphatic heterocycles. The molecule has 0 spiro atoms. The van der Waals surface area contributed by atoms with Crippen molar-refractivity contribution in [2.75, 3.05) is 0 Å². The number of hydrogen-bond acceptors (Lipinski definition) is 4. The minimum Gasteiger partial charge on any atom is -0.487 e. The second-order valence-electron chi connectivity index (χ2n) is 8.16. The van der Waals surface area contributed by atoms with Gasteiger partial charge in [-0.05, 0) is 46.8 Å². The molecule has 0 fully saturated rings. The van der Waals surface area contributed by atoms with Crippen molar-refractivity contribution in [3.63, 3.8) is 0 Å². The normalized spacial score (nSPS) is 17.5. The topological polar surface area (TPSA) is 84.8 Å². The smallest absolute Gasteiger partial charge is 0.269 e. The number of nitrogens with one attached hydrogen (secondary N) is 2. The fourth-order valence-corrected chi connectivity index (χ4v) is 4.11. The van der Waals surface area contributed by atoms with Gasteiger partial charge in [-0.1, -0.05) is 18.2 Å². The van der Waals surface area contributed by atoms with Crippen molar-refractivity contribution >= 4 is 5.91 Å². The molecule has 7 heteroatoms. The van der Waals surface area contributed by atoms with E-state index in [-0.39, 0.29) is 17.6 Å². The molecule has 4 rings (SSSR count). The highest BCUT2D eigenvalue weighted by Crippen LogP contribution is 2.39. The zero-order valence-electron chi connectivity index (χ0n) is 17.5. The maximum Gasteiger partial charge on any atom is 0.269 e. The second-order valence-corrected chi connectivity index (χ2v) is 8.16. The molecule has 152 valence electrons. The molecule has 29 heavy (non-hydrogen) atoms. The van der Waals surface area contributed by atoms with E-state index < -0.39 is 0 Å². The summed E-state index contributed by atoms with van der Waals surface area (Å²) < 4.78 is 8.00. The first-order valence-corrected chi connectivity index (χ1v) is 9.97. The van der Waals surface area contributed by atoms with Crippen molar-refractivity contribution in [1.29, 1.82) is 0 Å². The Labute approximate surface area is 170 Å². The van der Waals surface area contributed by atoms with Gasteiger partial charge in [0.05, 0.1) is 17.4 Å². The molecule has 1 aromatic carbocycles. The number of carbonyl (C=O) groups is 1. The number of benzene rings is 1. The van der Waals surface area contributed by atoms with Crippen molar-refractivity contribution < 1.29 is 9.53 Å². The highest BCUT2D eigenvalue weighted by Gasteiger charge is 2.34. The van der Waals surface area contributed by atoms with Gasteiger partial charge in [-0.3, -0.25) is 14.6 Å². The van der Waals surface area contributed by atoms with Crippen LogP contribution in [0.3, 0.4) is 0 Å². The third-order valence-corrected chi connectivity index (χ3v) is 5.44. The number of carbonyl (C=O) groups excluding carboxylic acids is 1. The average Bonchev–Trinajstić information content (AvgIpc) is 3.25. The third kappa shape index (κ3) is 3.52. The molecule has 1 unspecified atom stereocenters. The number of fused-ring (bicyclic) bond motifs is 1. The van der Waals surface area contributed by atoms with Crippen LogP contribution in [0.2, 0.25) is 0 Å². The summed E-state index contributed by atoms with van der Waals surface area (Å²) in [7, 11) is 0. The number of aromatic nitrogens is 4. The van der Waals surface area contributed by atoms with Crippen LogP contribution >= 0.6 is 0 Å². The Morgan fingerprint density at radius 1 is 1.34 bits per heavy atom. The van der Waals surface area contributed by atoms with E-state index in [4.69, 9.17) is 4.74 Å². The van der Waals surface area contributed by atoms with Crippen molar-refractivity contribution in [3.05, 3.63) is 53.0 Å². The molecule has 1 amide bonds. The van der Waals surface area contributed by atoms with Gasteiger partial charge in [-0.2, -0.15) is 10.2 Å². The second kappa shape index (κ2) is 7.06. The zero-order valence-corrected chi connectivity index (χ0v) is 17.5. The van der Waals surface area contributed by atoms with E-state index in [1.807, 2.05) is 56.6 Å². The highest BCUT2D eigenvalue weighted by atomic mass is 16.5. The van der Waals surface area contributed by atoms with Crippen LogP contribution in [0.5, 0.6) is 5.75 Å². The largest absolute Gasteiger partial charge is 0.487 e. The van der Waals surface area contributed by atoms with Crippen molar-refractivity contribution in [2.24, 2.45) is 0 Å². The number of H-pyrrole nitrogens is 1. The van der Waals surface area contributed by atoms with Crippen molar-refractivity contribution in [3.8, 4) is 17.0 Å². The molecule has 3 aromatic rings. The Bertz CT molecular complexity index is 1060. The molecule has 0 saturated heterocycles. The standard InChI is InChI=1S/C22H27N5O2/c1-6-27-14(3)20(13(2)26-27)16-11-17(25-24-16)21(28)23-18-12-22(4,5)29-19-10-8-7-9-15(18)19/h7-11,18H,6,12H2,1-5H3,(H,23,28)(H,24,25). The Morgan fingerprint density at radius 2 is 2.10 bits per heavy atom. The van der Waals surface area contributed by atoms with Gasteiger partial charge in [0.15, 0.2) is 0 Å². The zero-order chi connectivity index (χ0) is 20.8. The predicted molar refractivity (Wildman–Crippen MR) is 111 cm³/mol. The predicted octanol–water partition coefficient (Wildman–Crippen LogP) is 3.94. The van der Waals surface area contributed by atoms with E-state index in [2.05, 4.69) is 27.5 Å². The molecule has 0 radical (unpaired) electrons. The van der Waals surface area contributed by atoms with Gasteiger partial charge in [0.25, 0.3) is 5.91 Å². The van der Waals surface area contributed by atoms with Crippen LogP contribution in [0.15, 0.2) is 30.3 Å². The minimum absolute atomic E-state index is 0.125. The van der Waals surface area contributed by atoms with Crippen LogP contribution < -0.4 is 10.1 Å². The number of nitrogens with zero attached hydrogens (tertiary/aromatic N) is 3. The van der Waals surface area contributed by atoms with Crippen molar-refractivity contribution in [1.82, 2.24) is 25.3 Å². The number of amides is 1. The van der Waals surface area contributed by atoms with Gasteiger partial charge in [0.2, 0.25) is 0 Å². The SMILES string of the molecule is CCn1nc(C)c(-c2cc(C(=O)NC3CC(C)(C)Oc4ccccc43)[nH]n2)c1C. The molecule has 0 saturated carbocycles. The maximum absolute atomic E-state index is 13.0. The van der Waals surface area contributed by atoms with Gasteiger partial charge in [-0.15, -0.1) is 0 Å². The summed E-state index contributed by atoms with van der Waals surface area (Å²) in [5.41, 5.74) is 4.73. The van der Waals surface area contributed by atoms with Crippen LogP contribution in [0.1, 0.15) is 60.7 Å². The summed E-state index contributed by atoms with van der Waals surface area (Å²) in [6, 6.07) is 9.52. The first-order valence-electron chi connectivity index (χ1n) is 9.97. The first kappa shape index (κ1) is 19.2. The van der Waals surface area contributed by atoms with Crippen LogP contribution in [0, 0.1) is 13.8 Å². The van der Waals surface area contributed by atoms with Crippen molar-refractivity contribution in [2.45, 2.75) is 59.2 Å². The van der Waals surface area contributed by atoms with E-state index in [1.165, 1.54) is 0 Å². The molecule has 0 bridgehead atoms. The number of aromatic amines is 1. The van der Waals surface area contributed by atoms with Crippen LogP contribution in [-0.2, 0) is 6.54 Å². The number of aryl methyl sites for hydroxylation is 2. The molecular weight excluding hydrogens is 366 g/mol. The van der Waals surface area contributed by atoms with E-state index >= 15 is 0 Å². The Morgan fingerprint density at radius 3 is 2.83 bits per heavy atom. The highest BCUT2D eigenvalue weighted by molar-refractivity contribution is 5.93. The summed E-state index contributed by atoms with van der Waals surface area (Å²) in [6.07, 6.45) is 0.693. The summed E-state index contributed by atoms with van der Waals surface area (Å²) in [5, 5.41) is 15.0. The molecule has 1 aliphatic rings. The van der Waals surface area contributed by atoms with Crippen LogP contribution in [-0.4, -0.2) is 31.5 Å². The van der Waals surface area contributed by atoms with E-state index in [0.29, 0.717) is 12.1 Å². The lowest BCUT2D eigenvalue weighted by Gasteiger charge is -2.37. The Balaban J connectivity index is 1.59. The maximum atomic E-state index is 13.0. The molecule has 1 atom stereocenters. The molecule has 2 N–H and O–H groups in total. The fraction of sp³-hybridized carbons (Fsp3) is 0.409. The summed E-state index contributed by atoms with van der Waals surface area (Å²) in [5.74, 6) is 0.636. The molecule has 0 aliphatic carbocycles. The molecule has 3 heterocycles. The van der Waals surface area contributed by atoms with Crippen LogP contribution in [0.4, 0.5) is 0 Å². The summed E-state index contributed by atoms with van der Waals surface area (Å²) in [4.78, 5) is 13.0. The van der Waals surface area contributed by atoms with Gasteiger partial charge < -0.3 is 10.1 Å². The lowest BCUT2D eigenvalue weighted by molar-refractivity contribution is 0.0618. The number of hydrogen-bond donors (Lipinski definition) is 2. The molecular formula is C22H27N5O2. The molecule has 2 aromatic heterocycles. The first-order chi connectivity index (χ1) is 13.8. The quantitative estimate of drug-likeness (QED) is 0.703. The van der Waals surface area contributed by atoms with Gasteiger partial charge in [-0.25, -0.2) is 0 Å². The molecule has 7 nitrogen and oxygen atoms in total. The number of ether oxygens (including phenoxy) is 1. The lowest BCUT2D eigenvalue weighted by Crippen LogP contribution is -2.41. The van der Waals surface area contributed by atoms with Crippen LogP contribution in [0.25, 0.3) is 11.3 Å². The van der Waals surface area contributed by atoms with E-state index in [9.17, 15) is 4.79 Å². The van der Waals surface area contributed by atoms with E-state index in [0.717, 1.165) is 40.5 Å². The Kier molecular flexibility index (Phi) is 4.68. The third-order valence-electron chi connectivity index (χ3n) is 5.44. The Hall–Kier alpha value is -3.09. The monoisotopic (exact) mass is 393 g/mol. The summed E-state index contributed by atoms with van der Waals surface area (Å²) >= 11 is 0.